The first-order chi connectivity index (χ1) is 19.1. The predicted molar refractivity (Wildman–Crippen MR) is 154 cm³/mol. The number of benzene rings is 2. The summed E-state index contributed by atoms with van der Waals surface area (Å²) < 4.78 is 5.48. The molecule has 1 spiro atoms. The van der Waals surface area contributed by atoms with Crippen molar-refractivity contribution in [2.75, 3.05) is 49.6 Å². The van der Waals surface area contributed by atoms with Crippen LogP contribution in [-0.2, 0) is 4.74 Å². The molecule has 0 atom stereocenters. The summed E-state index contributed by atoms with van der Waals surface area (Å²) in [7, 11) is 0. The number of urea groups is 1. The Morgan fingerprint density at radius 3 is 2.56 bits per heavy atom. The molecule has 8 heteroatoms. The Balaban J connectivity index is 1.13. The second-order valence-electron chi connectivity index (χ2n) is 11.3. The summed E-state index contributed by atoms with van der Waals surface area (Å²) in [6.45, 7) is 7.19. The predicted octanol–water partition coefficient (Wildman–Crippen LogP) is 5.84. The van der Waals surface area contributed by atoms with Gasteiger partial charge in [0.25, 0.3) is 0 Å². The quantitative estimate of drug-likeness (QED) is 0.351. The Labute approximate surface area is 228 Å². The molecule has 8 nitrogen and oxygen atoms in total. The van der Waals surface area contributed by atoms with Gasteiger partial charge < -0.3 is 24.8 Å². The number of amides is 2. The molecule has 2 aliphatic heterocycles. The van der Waals surface area contributed by atoms with Gasteiger partial charge in [0.15, 0.2) is 0 Å². The van der Waals surface area contributed by atoms with Crippen LogP contribution in [0.25, 0.3) is 33.5 Å². The van der Waals surface area contributed by atoms with E-state index in [-0.39, 0.29) is 6.03 Å². The van der Waals surface area contributed by atoms with E-state index in [9.17, 15) is 4.79 Å². The lowest BCUT2D eigenvalue weighted by Gasteiger charge is -2.48. The summed E-state index contributed by atoms with van der Waals surface area (Å²) >= 11 is 0. The van der Waals surface area contributed by atoms with E-state index >= 15 is 0 Å². The molecule has 4 heterocycles. The average molecular weight is 523 g/mol. The molecule has 0 unspecified atom stereocenters. The first-order valence-electron chi connectivity index (χ1n) is 14.0. The molecular weight excluding hydrogens is 488 g/mol. The SMILES string of the molecule is Cc1c(NC(=O)N2CC3(CCCC3)C2)cccc1-c1ncnc2[nH]c(-c3ccc(N4CCOCC4)cc3)cc12. The Hall–Kier alpha value is -3.91. The normalized spacial score (nSPS) is 18.5. The van der Waals surface area contributed by atoms with Crippen molar-refractivity contribution in [3.05, 3.63) is 60.4 Å². The van der Waals surface area contributed by atoms with Crippen LogP contribution in [0.4, 0.5) is 16.2 Å². The molecule has 0 radical (unpaired) electrons. The maximum absolute atomic E-state index is 13.0. The second-order valence-corrected chi connectivity index (χ2v) is 11.3. The average Bonchev–Trinajstić information content (AvgIpc) is 3.62. The van der Waals surface area contributed by atoms with Crippen molar-refractivity contribution in [2.24, 2.45) is 5.41 Å². The zero-order valence-corrected chi connectivity index (χ0v) is 22.4. The van der Waals surface area contributed by atoms with E-state index in [0.29, 0.717) is 5.41 Å². The van der Waals surface area contributed by atoms with Gasteiger partial charge in [0.05, 0.1) is 18.9 Å². The van der Waals surface area contributed by atoms with Gasteiger partial charge in [-0.1, -0.05) is 37.1 Å². The number of ether oxygens (including phenoxy) is 1. The molecule has 3 fully saturated rings. The van der Waals surface area contributed by atoms with Gasteiger partial charge in [0.1, 0.15) is 12.0 Å². The van der Waals surface area contributed by atoms with E-state index < -0.39 is 0 Å². The zero-order valence-electron chi connectivity index (χ0n) is 22.4. The minimum atomic E-state index is -0.00920. The van der Waals surface area contributed by atoms with Crippen LogP contribution in [0, 0.1) is 12.3 Å². The molecule has 2 aromatic carbocycles. The third kappa shape index (κ3) is 4.42. The molecule has 2 aromatic heterocycles. The monoisotopic (exact) mass is 522 g/mol. The number of aromatic amines is 1. The van der Waals surface area contributed by atoms with Crippen LogP contribution < -0.4 is 10.2 Å². The molecule has 0 bridgehead atoms. The number of carbonyl (C=O) groups excluding carboxylic acids is 1. The standard InChI is InChI=1S/C31H34N6O2/c1-21-24(5-4-6-26(21)35-30(38)37-18-31(19-37)11-2-3-12-31)28-25-17-27(34-29(25)33-20-32-28)22-7-9-23(10-8-22)36-13-15-39-16-14-36/h4-10,17,20H,2-3,11-16,18-19H2,1H3,(H,35,38)(H,32,33,34). The fourth-order valence-electron chi connectivity index (χ4n) is 6.55. The van der Waals surface area contributed by atoms with Crippen molar-refractivity contribution < 1.29 is 9.53 Å². The Kier molecular flexibility index (Phi) is 6.00. The van der Waals surface area contributed by atoms with Gasteiger partial charge >= 0.3 is 6.03 Å². The zero-order chi connectivity index (χ0) is 26.4. The summed E-state index contributed by atoms with van der Waals surface area (Å²) in [6.07, 6.45) is 6.71. The van der Waals surface area contributed by atoms with E-state index in [2.05, 4.69) is 61.6 Å². The largest absolute Gasteiger partial charge is 0.378 e. The molecule has 4 aromatic rings. The number of anilines is 2. The summed E-state index contributed by atoms with van der Waals surface area (Å²) in [5, 5.41) is 4.12. The van der Waals surface area contributed by atoms with Crippen molar-refractivity contribution in [1.82, 2.24) is 19.9 Å². The number of nitrogens with zero attached hydrogens (tertiary/aromatic N) is 4. The molecule has 39 heavy (non-hydrogen) atoms. The number of fused-ring (bicyclic) bond motifs is 1. The molecule has 1 aliphatic carbocycles. The maximum Gasteiger partial charge on any atom is 0.321 e. The summed E-state index contributed by atoms with van der Waals surface area (Å²) in [4.78, 5) is 30.0. The van der Waals surface area contributed by atoms with Gasteiger partial charge in [-0.15, -0.1) is 0 Å². The summed E-state index contributed by atoms with van der Waals surface area (Å²) in [6, 6.07) is 16.8. The van der Waals surface area contributed by atoms with Crippen molar-refractivity contribution in [2.45, 2.75) is 32.6 Å². The number of hydrogen-bond acceptors (Lipinski definition) is 5. The fourth-order valence-corrected chi connectivity index (χ4v) is 6.55. The lowest BCUT2D eigenvalue weighted by molar-refractivity contribution is 0.0430. The minimum Gasteiger partial charge on any atom is -0.378 e. The smallest absolute Gasteiger partial charge is 0.321 e. The number of carbonyl (C=O) groups is 1. The first-order valence-corrected chi connectivity index (χ1v) is 14.0. The molecule has 2 N–H and O–H groups in total. The van der Waals surface area contributed by atoms with E-state index in [1.54, 1.807) is 6.33 Å². The van der Waals surface area contributed by atoms with Crippen molar-refractivity contribution >= 4 is 28.4 Å². The summed E-state index contributed by atoms with van der Waals surface area (Å²) in [5.41, 5.74) is 8.16. The molecule has 7 rings (SSSR count). The molecule has 1 saturated carbocycles. The molecule has 200 valence electrons. The highest BCUT2D eigenvalue weighted by molar-refractivity contribution is 5.97. The number of H-pyrrole nitrogens is 1. The topological polar surface area (TPSA) is 86.4 Å². The van der Waals surface area contributed by atoms with E-state index in [1.807, 2.05) is 24.0 Å². The van der Waals surface area contributed by atoms with E-state index in [4.69, 9.17) is 4.74 Å². The highest BCUT2D eigenvalue weighted by Crippen LogP contribution is 2.45. The second kappa shape index (κ2) is 9.68. The number of nitrogens with one attached hydrogen (secondary N) is 2. The Morgan fingerprint density at radius 1 is 1.03 bits per heavy atom. The van der Waals surface area contributed by atoms with Gasteiger partial charge in [-0.3, -0.25) is 0 Å². The van der Waals surface area contributed by atoms with E-state index in [1.165, 1.54) is 31.4 Å². The van der Waals surface area contributed by atoms with Crippen LogP contribution in [0.3, 0.4) is 0 Å². The first kappa shape index (κ1) is 24.2. The number of hydrogen-bond donors (Lipinski definition) is 2. The third-order valence-electron chi connectivity index (χ3n) is 8.81. The van der Waals surface area contributed by atoms with Gasteiger partial charge in [0.2, 0.25) is 0 Å². The van der Waals surface area contributed by atoms with Gasteiger partial charge in [-0.25, -0.2) is 14.8 Å². The fraction of sp³-hybridized carbons (Fsp3) is 0.387. The summed E-state index contributed by atoms with van der Waals surface area (Å²) in [5.74, 6) is 0. The van der Waals surface area contributed by atoms with Gasteiger partial charge in [-0.2, -0.15) is 0 Å². The number of likely N-dealkylation sites (tertiary alicyclic amines) is 1. The Morgan fingerprint density at radius 2 is 1.79 bits per heavy atom. The minimum absolute atomic E-state index is 0.00920. The maximum atomic E-state index is 13.0. The van der Waals surface area contributed by atoms with Crippen LogP contribution >= 0.6 is 0 Å². The van der Waals surface area contributed by atoms with Crippen molar-refractivity contribution in [3.63, 3.8) is 0 Å². The Bertz CT molecular complexity index is 1510. The van der Waals surface area contributed by atoms with Crippen LogP contribution in [0.5, 0.6) is 0 Å². The van der Waals surface area contributed by atoms with Crippen molar-refractivity contribution in [1.29, 1.82) is 0 Å². The van der Waals surface area contributed by atoms with Crippen molar-refractivity contribution in [3.8, 4) is 22.5 Å². The molecule has 2 amide bonds. The van der Waals surface area contributed by atoms with Crippen LogP contribution in [0.2, 0.25) is 0 Å². The number of morpholine rings is 1. The van der Waals surface area contributed by atoms with Crippen LogP contribution in [0.1, 0.15) is 31.2 Å². The number of aromatic nitrogens is 3. The third-order valence-corrected chi connectivity index (χ3v) is 8.81. The molecule has 2 saturated heterocycles. The highest BCUT2D eigenvalue weighted by Gasteiger charge is 2.46. The van der Waals surface area contributed by atoms with E-state index in [0.717, 1.165) is 84.2 Å². The van der Waals surface area contributed by atoms with Gasteiger partial charge in [-0.05, 0) is 55.2 Å². The van der Waals surface area contributed by atoms with Crippen LogP contribution in [0.15, 0.2) is 54.9 Å². The highest BCUT2D eigenvalue weighted by atomic mass is 16.5. The van der Waals surface area contributed by atoms with Gasteiger partial charge in [0, 0.05) is 59.6 Å². The molecule has 3 aliphatic rings. The lowest BCUT2D eigenvalue weighted by atomic mass is 9.78. The lowest BCUT2D eigenvalue weighted by Crippen LogP contribution is -2.58. The molecular formula is C31H34N6O2. The number of rotatable bonds is 4. The van der Waals surface area contributed by atoms with Crippen LogP contribution in [-0.4, -0.2) is 65.3 Å².